The Morgan fingerprint density at radius 3 is 2.68 bits per heavy atom. The van der Waals surface area contributed by atoms with Crippen molar-refractivity contribution in [1.29, 1.82) is 0 Å². The molecule has 6 rings (SSSR count). The Morgan fingerprint density at radius 2 is 1.94 bits per heavy atom. The van der Waals surface area contributed by atoms with Crippen molar-refractivity contribution in [2.24, 2.45) is 22.7 Å². The van der Waals surface area contributed by atoms with E-state index in [-0.39, 0.29) is 55.0 Å². The number of aromatic hydroxyl groups is 1. The molecule has 1 aliphatic carbocycles. The van der Waals surface area contributed by atoms with E-state index in [1.54, 1.807) is 12.3 Å². The van der Waals surface area contributed by atoms with E-state index in [1.807, 2.05) is 44.2 Å². The number of carbonyl (C=O) groups excluding carboxylic acids is 1. The van der Waals surface area contributed by atoms with Gasteiger partial charge in [-0.1, -0.05) is 44.2 Å². The summed E-state index contributed by atoms with van der Waals surface area (Å²) in [5.74, 6) is 0.384. The maximum absolute atomic E-state index is 14.2. The molecule has 254 valence electrons. The van der Waals surface area contributed by atoms with Gasteiger partial charge in [0.1, 0.15) is 6.10 Å². The molecule has 0 radical (unpaired) electrons. The minimum absolute atomic E-state index is 0.0234. The van der Waals surface area contributed by atoms with Gasteiger partial charge in [0.05, 0.1) is 41.7 Å². The number of aliphatic hydroxyl groups excluding tert-OH is 1. The van der Waals surface area contributed by atoms with E-state index in [4.69, 9.17) is 14.2 Å². The first kappa shape index (κ1) is 33.4. The van der Waals surface area contributed by atoms with Crippen LogP contribution < -0.4 is 5.32 Å². The predicted octanol–water partition coefficient (Wildman–Crippen LogP) is 3.81. The fourth-order valence-electron chi connectivity index (χ4n) is 6.25. The van der Waals surface area contributed by atoms with E-state index in [1.165, 1.54) is 16.4 Å². The molecule has 13 heteroatoms. The van der Waals surface area contributed by atoms with Gasteiger partial charge in [0.15, 0.2) is 12.2 Å². The summed E-state index contributed by atoms with van der Waals surface area (Å²) in [6.45, 7) is 5.10. The lowest BCUT2D eigenvalue weighted by molar-refractivity contribution is -0.0907. The molecule has 12 nitrogen and oxygen atoms in total. The molecule has 1 saturated carbocycles. The van der Waals surface area contributed by atoms with Crippen molar-refractivity contribution in [1.82, 2.24) is 14.6 Å². The third kappa shape index (κ3) is 7.98. The Bertz CT molecular complexity index is 1670. The van der Waals surface area contributed by atoms with Crippen LogP contribution in [0.4, 0.5) is 4.79 Å². The van der Waals surface area contributed by atoms with Crippen LogP contribution in [0.5, 0.6) is 5.88 Å². The monoisotopic (exact) mass is 668 g/mol. The van der Waals surface area contributed by atoms with Gasteiger partial charge in [-0.25, -0.2) is 13.2 Å². The summed E-state index contributed by atoms with van der Waals surface area (Å²) in [4.78, 5) is 20.5. The summed E-state index contributed by atoms with van der Waals surface area (Å²) in [5, 5.41) is 25.5. The van der Waals surface area contributed by atoms with Gasteiger partial charge in [-0.3, -0.25) is 4.99 Å². The van der Waals surface area contributed by atoms with Crippen LogP contribution in [-0.2, 0) is 30.7 Å². The van der Waals surface area contributed by atoms with Crippen LogP contribution in [0.25, 0.3) is 10.9 Å². The van der Waals surface area contributed by atoms with Crippen molar-refractivity contribution < 1.29 is 37.6 Å². The summed E-state index contributed by atoms with van der Waals surface area (Å²) >= 11 is 0. The van der Waals surface area contributed by atoms with Gasteiger partial charge in [-0.05, 0) is 61.3 Å². The molecule has 3 heterocycles. The van der Waals surface area contributed by atoms with E-state index < -0.39 is 34.4 Å². The number of nitrogens with zero attached hydrogens (tertiary/aromatic N) is 2. The number of hydrogen-bond acceptors (Lipinski definition) is 9. The number of aliphatic hydroxyl groups is 1. The topological polar surface area (TPSA) is 163 Å². The van der Waals surface area contributed by atoms with Gasteiger partial charge < -0.3 is 34.7 Å². The number of hydrogen-bond donors (Lipinski definition) is 4. The molecular weight excluding hydrogens is 624 g/mol. The third-order valence-electron chi connectivity index (χ3n) is 8.98. The Balaban J connectivity index is 1.22. The lowest BCUT2D eigenvalue weighted by Gasteiger charge is -2.31. The Kier molecular flexibility index (Phi) is 10.2. The number of aromatic nitrogens is 1. The molecule has 2 saturated heterocycles. The van der Waals surface area contributed by atoms with Gasteiger partial charge in [-0.2, -0.15) is 4.31 Å². The SMILES string of the molecule is CC(C)CN(C[C@@H](O)[C@H](Cc1ccccc1)NC(=O)O[C@H]1COC2OCCC21)S(=O)(=O)c1ccc2[nH]c(O)c(C=NCC3CC3)c2c1. The number of benzene rings is 2. The third-order valence-corrected chi connectivity index (χ3v) is 10.8. The number of nitrogens with one attached hydrogen (secondary N) is 2. The zero-order chi connectivity index (χ0) is 33.1. The van der Waals surface area contributed by atoms with E-state index in [0.717, 1.165) is 24.8 Å². The number of fused-ring (bicyclic) bond motifs is 2. The molecule has 2 aliphatic heterocycles. The standard InChI is InChI=1S/C34H44N4O8S/c1-21(2)18-38(47(42,43)24-10-11-28-26(15-24)27(32(40)36-28)17-35-16-23-8-9-23)19-30(39)29(14-22-6-4-3-5-7-22)37-34(41)46-31-20-45-33-25(31)12-13-44-33/h3-7,10-11,15,17,21,23,25,29-31,33,36,39-40H,8-9,12-14,16,18-20H2,1-2H3,(H,37,41)/t25?,29-,30+,31-,33?/m0/s1. The molecule has 0 spiro atoms. The van der Waals surface area contributed by atoms with Crippen molar-refractivity contribution in [2.45, 2.75) is 69.0 Å². The van der Waals surface area contributed by atoms with Crippen LogP contribution in [0.1, 0.15) is 44.2 Å². The number of carbonyl (C=O) groups is 1. The van der Waals surface area contributed by atoms with Crippen LogP contribution >= 0.6 is 0 Å². The highest BCUT2D eigenvalue weighted by Crippen LogP contribution is 2.34. The molecule has 3 fully saturated rings. The highest BCUT2D eigenvalue weighted by Gasteiger charge is 2.44. The summed E-state index contributed by atoms with van der Waals surface area (Å²) < 4.78 is 46.5. The van der Waals surface area contributed by atoms with Gasteiger partial charge >= 0.3 is 6.09 Å². The highest BCUT2D eigenvalue weighted by molar-refractivity contribution is 7.89. The fraction of sp³-hybridized carbons (Fsp3) is 0.529. The first-order valence-electron chi connectivity index (χ1n) is 16.4. The molecular formula is C34H44N4O8S. The van der Waals surface area contributed by atoms with Crippen LogP contribution in [0.2, 0.25) is 0 Å². The fourth-order valence-corrected chi connectivity index (χ4v) is 7.90. The molecule has 0 bridgehead atoms. The van der Waals surface area contributed by atoms with Crippen LogP contribution in [0.3, 0.4) is 0 Å². The average Bonchev–Trinajstić information content (AvgIpc) is 3.46. The van der Waals surface area contributed by atoms with Crippen molar-refractivity contribution in [3.8, 4) is 5.88 Å². The molecule has 5 atom stereocenters. The molecule has 3 aromatic rings. The Hall–Kier alpha value is -3.49. The summed E-state index contributed by atoms with van der Waals surface area (Å²) in [7, 11) is -4.12. The molecule has 4 N–H and O–H groups in total. The quantitative estimate of drug-likeness (QED) is 0.189. The maximum atomic E-state index is 14.2. The van der Waals surface area contributed by atoms with E-state index in [9.17, 15) is 23.4 Å². The van der Waals surface area contributed by atoms with Gasteiger partial charge in [-0.15, -0.1) is 0 Å². The number of ether oxygens (including phenoxy) is 3. The second kappa shape index (κ2) is 14.3. The lowest BCUT2D eigenvalue weighted by Crippen LogP contribution is -2.51. The molecule has 3 aliphatic rings. The van der Waals surface area contributed by atoms with Crippen molar-refractivity contribution >= 4 is 33.2 Å². The zero-order valence-electron chi connectivity index (χ0n) is 26.7. The second-order valence-electron chi connectivity index (χ2n) is 13.2. The molecule has 1 amide bonds. The Morgan fingerprint density at radius 1 is 1.15 bits per heavy atom. The van der Waals surface area contributed by atoms with E-state index in [0.29, 0.717) is 35.5 Å². The highest BCUT2D eigenvalue weighted by atomic mass is 32.2. The number of rotatable bonds is 14. The predicted molar refractivity (Wildman–Crippen MR) is 176 cm³/mol. The normalized spacial score (nSPS) is 22.7. The molecule has 2 unspecified atom stereocenters. The number of sulfonamides is 1. The number of H-pyrrole nitrogens is 1. The maximum Gasteiger partial charge on any atom is 0.407 e. The minimum Gasteiger partial charge on any atom is -0.494 e. The first-order valence-corrected chi connectivity index (χ1v) is 17.8. The van der Waals surface area contributed by atoms with Gasteiger partial charge in [0.25, 0.3) is 0 Å². The van der Waals surface area contributed by atoms with Crippen LogP contribution in [0, 0.1) is 17.8 Å². The van der Waals surface area contributed by atoms with E-state index >= 15 is 0 Å². The summed E-state index contributed by atoms with van der Waals surface area (Å²) in [6.07, 6.45) is 2.02. The van der Waals surface area contributed by atoms with E-state index in [2.05, 4.69) is 15.3 Å². The molecule has 1 aromatic heterocycles. The zero-order valence-corrected chi connectivity index (χ0v) is 27.6. The number of aromatic amines is 1. The number of amides is 1. The summed E-state index contributed by atoms with van der Waals surface area (Å²) in [5.41, 5.74) is 1.87. The smallest absolute Gasteiger partial charge is 0.407 e. The second-order valence-corrected chi connectivity index (χ2v) is 15.2. The molecule has 2 aromatic carbocycles. The Labute approximate surface area is 275 Å². The van der Waals surface area contributed by atoms with Crippen LogP contribution in [-0.4, -0.2) is 97.6 Å². The van der Waals surface area contributed by atoms with Crippen molar-refractivity contribution in [2.75, 3.05) is 32.8 Å². The van der Waals surface area contributed by atoms with Crippen molar-refractivity contribution in [3.63, 3.8) is 0 Å². The minimum atomic E-state index is -4.12. The average molecular weight is 669 g/mol. The number of alkyl carbamates (subject to hydrolysis) is 1. The molecule has 47 heavy (non-hydrogen) atoms. The first-order chi connectivity index (χ1) is 22.6. The van der Waals surface area contributed by atoms with Gasteiger partial charge in [0, 0.05) is 36.8 Å². The van der Waals surface area contributed by atoms with Crippen LogP contribution in [0.15, 0.2) is 58.4 Å². The van der Waals surface area contributed by atoms with Gasteiger partial charge in [0.2, 0.25) is 10.0 Å². The van der Waals surface area contributed by atoms with Crippen molar-refractivity contribution in [3.05, 3.63) is 59.7 Å². The largest absolute Gasteiger partial charge is 0.494 e. The number of aliphatic imine (C=N–C) groups is 1. The summed E-state index contributed by atoms with van der Waals surface area (Å²) in [6, 6.07) is 13.1. The lowest BCUT2D eigenvalue weighted by atomic mass is 10.0.